The van der Waals surface area contributed by atoms with Crippen molar-refractivity contribution in [2.75, 3.05) is 14.1 Å². The number of hydrogen-bond acceptors (Lipinski definition) is 4. The molecule has 1 fully saturated rings. The molecule has 1 unspecified atom stereocenters. The smallest absolute Gasteiger partial charge is 0.339 e. The van der Waals surface area contributed by atoms with E-state index in [-0.39, 0.29) is 23.9 Å². The first-order valence-electron chi connectivity index (χ1n) is 8.69. The monoisotopic (exact) mass is 361 g/mol. The highest BCUT2D eigenvalue weighted by Crippen LogP contribution is 2.38. The van der Waals surface area contributed by atoms with Gasteiger partial charge in [0.1, 0.15) is 11.9 Å². The van der Waals surface area contributed by atoms with E-state index >= 15 is 0 Å². The Kier molecular flexibility index (Phi) is 5.86. The molecular formula is C20H24FNO2S. The molecule has 0 radical (unpaired) electrons. The van der Waals surface area contributed by atoms with Gasteiger partial charge in [0.05, 0.1) is 5.56 Å². The minimum atomic E-state index is -0.215. The average Bonchev–Trinajstić information content (AvgIpc) is 3.13. The number of ether oxygens (including phenoxy) is 1. The van der Waals surface area contributed by atoms with Crippen LogP contribution in [0.1, 0.15) is 47.6 Å². The summed E-state index contributed by atoms with van der Waals surface area (Å²) in [7, 11) is 4.13. The minimum Gasteiger partial charge on any atom is -0.459 e. The van der Waals surface area contributed by atoms with Crippen LogP contribution in [0.5, 0.6) is 0 Å². The second-order valence-corrected chi connectivity index (χ2v) is 7.69. The van der Waals surface area contributed by atoms with Crippen molar-refractivity contribution in [3.63, 3.8) is 0 Å². The summed E-state index contributed by atoms with van der Waals surface area (Å²) in [4.78, 5) is 14.3. The van der Waals surface area contributed by atoms with Crippen molar-refractivity contribution in [2.45, 2.75) is 37.8 Å². The highest BCUT2D eigenvalue weighted by molar-refractivity contribution is 7.08. The number of thiophene rings is 1. The standard InChI is InChI=1S/C20H24FNO2S/c1-22(2)19(14-3-7-17(21)8-4-14)15-5-9-18(10-6-15)24-20(23)16-11-12-25-13-16/h3-4,7-8,11-13,15,18-19H,5-6,9-10H2,1-2H3. The predicted molar refractivity (Wildman–Crippen MR) is 98.3 cm³/mol. The van der Waals surface area contributed by atoms with Crippen molar-refractivity contribution in [3.8, 4) is 0 Å². The highest BCUT2D eigenvalue weighted by atomic mass is 32.1. The molecule has 1 heterocycles. The molecule has 3 nitrogen and oxygen atoms in total. The van der Waals surface area contributed by atoms with Gasteiger partial charge in [0, 0.05) is 11.4 Å². The largest absolute Gasteiger partial charge is 0.459 e. The lowest BCUT2D eigenvalue weighted by Gasteiger charge is -2.37. The zero-order chi connectivity index (χ0) is 17.8. The second-order valence-electron chi connectivity index (χ2n) is 6.91. The van der Waals surface area contributed by atoms with Crippen molar-refractivity contribution < 1.29 is 13.9 Å². The van der Waals surface area contributed by atoms with Gasteiger partial charge < -0.3 is 9.64 Å². The molecule has 0 amide bonds. The van der Waals surface area contributed by atoms with Gasteiger partial charge in [0.15, 0.2) is 0 Å². The van der Waals surface area contributed by atoms with Crippen LogP contribution in [0.3, 0.4) is 0 Å². The van der Waals surface area contributed by atoms with Crippen LogP contribution in [-0.4, -0.2) is 31.1 Å². The fraction of sp³-hybridized carbons (Fsp3) is 0.450. The van der Waals surface area contributed by atoms with Crippen molar-refractivity contribution in [1.29, 1.82) is 0 Å². The number of nitrogens with zero attached hydrogens (tertiary/aromatic N) is 1. The Morgan fingerprint density at radius 2 is 1.84 bits per heavy atom. The van der Waals surface area contributed by atoms with Gasteiger partial charge in [-0.2, -0.15) is 11.3 Å². The number of benzene rings is 1. The Morgan fingerprint density at radius 3 is 2.40 bits per heavy atom. The van der Waals surface area contributed by atoms with Gasteiger partial charge in [0.2, 0.25) is 0 Å². The maximum Gasteiger partial charge on any atom is 0.339 e. The summed E-state index contributed by atoms with van der Waals surface area (Å²) in [5.74, 6) is 0.0641. The lowest BCUT2D eigenvalue weighted by Crippen LogP contribution is -2.32. The molecule has 134 valence electrons. The van der Waals surface area contributed by atoms with Gasteiger partial charge in [0.25, 0.3) is 0 Å². The summed E-state index contributed by atoms with van der Waals surface area (Å²) in [5.41, 5.74) is 1.79. The summed E-state index contributed by atoms with van der Waals surface area (Å²) in [6, 6.07) is 8.87. The van der Waals surface area contributed by atoms with Crippen LogP contribution in [-0.2, 0) is 4.74 Å². The number of esters is 1. The first-order valence-corrected chi connectivity index (χ1v) is 9.64. The van der Waals surface area contributed by atoms with E-state index in [1.54, 1.807) is 6.07 Å². The lowest BCUT2D eigenvalue weighted by molar-refractivity contribution is 0.0113. The van der Waals surface area contributed by atoms with E-state index in [2.05, 4.69) is 19.0 Å². The van der Waals surface area contributed by atoms with Crippen molar-refractivity contribution in [2.24, 2.45) is 5.92 Å². The molecule has 2 aromatic rings. The van der Waals surface area contributed by atoms with Crippen LogP contribution in [0.4, 0.5) is 4.39 Å². The van der Waals surface area contributed by atoms with Crippen LogP contribution < -0.4 is 0 Å². The topological polar surface area (TPSA) is 29.5 Å². The summed E-state index contributed by atoms with van der Waals surface area (Å²) in [6.45, 7) is 0. The van der Waals surface area contributed by atoms with Crippen molar-refractivity contribution in [1.82, 2.24) is 4.90 Å². The van der Waals surface area contributed by atoms with E-state index in [9.17, 15) is 9.18 Å². The number of halogens is 1. The average molecular weight is 361 g/mol. The Balaban J connectivity index is 1.60. The molecule has 0 saturated heterocycles. The molecule has 1 atom stereocenters. The summed E-state index contributed by atoms with van der Waals surface area (Å²) in [6.07, 6.45) is 3.77. The van der Waals surface area contributed by atoms with E-state index in [0.717, 1.165) is 31.2 Å². The van der Waals surface area contributed by atoms with E-state index in [1.807, 2.05) is 22.9 Å². The number of carbonyl (C=O) groups excluding carboxylic acids is 1. The number of carbonyl (C=O) groups is 1. The zero-order valence-corrected chi connectivity index (χ0v) is 15.5. The summed E-state index contributed by atoms with van der Waals surface area (Å²) < 4.78 is 18.9. The number of hydrogen-bond donors (Lipinski definition) is 0. The molecule has 1 saturated carbocycles. The molecule has 0 N–H and O–H groups in total. The molecule has 1 aromatic carbocycles. The third-order valence-electron chi connectivity index (χ3n) is 4.96. The van der Waals surface area contributed by atoms with Crippen LogP contribution in [0.15, 0.2) is 41.1 Å². The zero-order valence-electron chi connectivity index (χ0n) is 14.7. The van der Waals surface area contributed by atoms with Gasteiger partial charge in [-0.05, 0) is 74.8 Å². The van der Waals surface area contributed by atoms with Crippen molar-refractivity contribution >= 4 is 17.3 Å². The second kappa shape index (κ2) is 8.11. The van der Waals surface area contributed by atoms with Gasteiger partial charge in [-0.1, -0.05) is 12.1 Å². The SMILES string of the molecule is CN(C)C(c1ccc(F)cc1)C1CCC(OC(=O)c2ccsc2)CC1. The fourth-order valence-electron chi connectivity index (χ4n) is 3.77. The molecular weight excluding hydrogens is 337 g/mol. The first-order chi connectivity index (χ1) is 12.0. The van der Waals surface area contributed by atoms with Crippen LogP contribution >= 0.6 is 11.3 Å². The third-order valence-corrected chi connectivity index (χ3v) is 5.65. The quantitative estimate of drug-likeness (QED) is 0.709. The Hall–Kier alpha value is -1.72. The van der Waals surface area contributed by atoms with Crippen LogP contribution in [0, 0.1) is 11.7 Å². The molecule has 0 spiro atoms. The molecule has 1 aromatic heterocycles. The van der Waals surface area contributed by atoms with E-state index in [0.29, 0.717) is 11.5 Å². The first kappa shape index (κ1) is 18.1. The maximum atomic E-state index is 13.2. The normalized spacial score (nSPS) is 21.9. The predicted octanol–water partition coefficient (Wildman–Crippen LogP) is 4.91. The Labute approximate surface area is 152 Å². The molecule has 1 aliphatic carbocycles. The summed E-state index contributed by atoms with van der Waals surface area (Å²) >= 11 is 1.50. The van der Waals surface area contributed by atoms with E-state index in [1.165, 1.54) is 23.5 Å². The molecule has 3 rings (SSSR count). The third kappa shape index (κ3) is 4.47. The fourth-order valence-corrected chi connectivity index (χ4v) is 4.40. The molecule has 1 aliphatic rings. The Morgan fingerprint density at radius 1 is 1.16 bits per heavy atom. The molecule has 5 heteroatoms. The molecule has 25 heavy (non-hydrogen) atoms. The van der Waals surface area contributed by atoms with Gasteiger partial charge >= 0.3 is 5.97 Å². The van der Waals surface area contributed by atoms with Crippen LogP contribution in [0.2, 0.25) is 0 Å². The maximum absolute atomic E-state index is 13.2. The van der Waals surface area contributed by atoms with Crippen molar-refractivity contribution in [3.05, 3.63) is 58.0 Å². The van der Waals surface area contributed by atoms with E-state index in [4.69, 9.17) is 4.74 Å². The Bertz CT molecular complexity index is 676. The number of rotatable bonds is 5. The minimum absolute atomic E-state index is 0.000296. The van der Waals surface area contributed by atoms with Gasteiger partial charge in [-0.15, -0.1) is 0 Å². The van der Waals surface area contributed by atoms with Crippen LogP contribution in [0.25, 0.3) is 0 Å². The molecule has 0 bridgehead atoms. The van der Waals surface area contributed by atoms with E-state index < -0.39 is 0 Å². The highest BCUT2D eigenvalue weighted by Gasteiger charge is 2.31. The summed E-state index contributed by atoms with van der Waals surface area (Å²) in [5, 5.41) is 3.71. The lowest BCUT2D eigenvalue weighted by atomic mass is 9.79. The van der Waals surface area contributed by atoms with Gasteiger partial charge in [-0.3, -0.25) is 0 Å². The van der Waals surface area contributed by atoms with Gasteiger partial charge in [-0.25, -0.2) is 9.18 Å². The molecule has 0 aliphatic heterocycles.